The Hall–Kier alpha value is -4.06. The molecule has 0 aliphatic carbocycles. The lowest BCUT2D eigenvalue weighted by molar-refractivity contribution is -0.128. The molecule has 1 amide bonds. The fourth-order valence-electron chi connectivity index (χ4n) is 3.06. The molecule has 176 valence electrons. The lowest BCUT2D eigenvalue weighted by Crippen LogP contribution is -2.11. The first-order valence-corrected chi connectivity index (χ1v) is 11.3. The maximum absolute atomic E-state index is 12.3. The Bertz CT molecular complexity index is 1110. The molecular weight excluding hydrogens is 430 g/mol. The van der Waals surface area contributed by atoms with Crippen molar-refractivity contribution in [3.63, 3.8) is 0 Å². The second-order valence-electron chi connectivity index (χ2n) is 7.44. The number of nitrogens with one attached hydrogen (secondary N) is 1. The van der Waals surface area contributed by atoms with E-state index in [1.165, 1.54) is 6.08 Å². The number of anilines is 1. The maximum Gasteiger partial charge on any atom is 0.336 e. The Kier molecular flexibility index (Phi) is 9.29. The number of carbonyl (C=O) groups is 2. The molecular formula is C28H29NO5. The van der Waals surface area contributed by atoms with Crippen molar-refractivity contribution in [1.29, 1.82) is 0 Å². The Morgan fingerprint density at radius 1 is 0.882 bits per heavy atom. The molecule has 3 rings (SSSR count). The number of rotatable bonds is 11. The molecule has 0 aliphatic heterocycles. The summed E-state index contributed by atoms with van der Waals surface area (Å²) in [4.78, 5) is 24.6. The maximum atomic E-state index is 12.3. The van der Waals surface area contributed by atoms with Gasteiger partial charge < -0.3 is 19.5 Å². The molecule has 0 fully saturated rings. The van der Waals surface area contributed by atoms with E-state index in [0.29, 0.717) is 41.7 Å². The molecule has 6 heteroatoms. The van der Waals surface area contributed by atoms with Gasteiger partial charge in [-0.3, -0.25) is 4.79 Å². The highest BCUT2D eigenvalue weighted by Gasteiger charge is 2.08. The molecule has 0 aliphatic rings. The monoisotopic (exact) mass is 459 g/mol. The van der Waals surface area contributed by atoms with E-state index in [9.17, 15) is 9.59 Å². The van der Waals surface area contributed by atoms with Crippen LogP contribution in [0.25, 0.3) is 6.08 Å². The fourth-order valence-corrected chi connectivity index (χ4v) is 3.06. The lowest BCUT2D eigenvalue weighted by atomic mass is 10.2. The summed E-state index contributed by atoms with van der Waals surface area (Å²) in [6, 6.07) is 21.1. The molecule has 34 heavy (non-hydrogen) atoms. The number of hydrogen-bond donors (Lipinski definition) is 1. The third-order valence-corrected chi connectivity index (χ3v) is 4.80. The number of benzene rings is 3. The van der Waals surface area contributed by atoms with E-state index in [1.54, 1.807) is 30.3 Å². The van der Waals surface area contributed by atoms with Gasteiger partial charge in [0.05, 0.1) is 13.2 Å². The largest absolute Gasteiger partial charge is 0.490 e. The third-order valence-electron chi connectivity index (χ3n) is 4.80. The van der Waals surface area contributed by atoms with E-state index in [0.717, 1.165) is 18.4 Å². The molecule has 1 N–H and O–H groups in total. The second kappa shape index (κ2) is 12.8. The van der Waals surface area contributed by atoms with Crippen LogP contribution in [-0.2, 0) is 4.79 Å². The van der Waals surface area contributed by atoms with Crippen molar-refractivity contribution in [2.45, 2.75) is 26.7 Å². The number of carbonyl (C=O) groups excluding carboxylic acids is 2. The molecule has 0 heterocycles. The Morgan fingerprint density at radius 3 is 2.35 bits per heavy atom. The van der Waals surface area contributed by atoms with Crippen molar-refractivity contribution >= 4 is 23.6 Å². The van der Waals surface area contributed by atoms with Gasteiger partial charge in [0.25, 0.3) is 5.91 Å². The molecule has 3 aromatic rings. The van der Waals surface area contributed by atoms with Gasteiger partial charge >= 0.3 is 5.97 Å². The van der Waals surface area contributed by atoms with Gasteiger partial charge in [0.2, 0.25) is 0 Å². The molecule has 0 radical (unpaired) electrons. The van der Waals surface area contributed by atoms with Gasteiger partial charge in [-0.2, -0.15) is 0 Å². The molecule has 0 atom stereocenters. The van der Waals surface area contributed by atoms with Crippen molar-refractivity contribution < 1.29 is 23.8 Å². The number of hydrogen-bond acceptors (Lipinski definition) is 5. The zero-order valence-electron chi connectivity index (χ0n) is 19.5. The Labute approximate surface area is 200 Å². The van der Waals surface area contributed by atoms with Gasteiger partial charge in [0, 0.05) is 17.3 Å². The van der Waals surface area contributed by atoms with E-state index in [4.69, 9.17) is 14.2 Å². The zero-order chi connectivity index (χ0) is 24.2. The number of ether oxygens (including phenoxy) is 3. The predicted octanol–water partition coefficient (Wildman–Crippen LogP) is 6.14. The lowest BCUT2D eigenvalue weighted by Gasteiger charge is -2.12. The average molecular weight is 460 g/mol. The smallest absolute Gasteiger partial charge is 0.336 e. The highest BCUT2D eigenvalue weighted by atomic mass is 16.5. The van der Waals surface area contributed by atoms with E-state index in [2.05, 4.69) is 12.2 Å². The van der Waals surface area contributed by atoms with Crippen molar-refractivity contribution in [3.05, 3.63) is 90.0 Å². The molecule has 0 unspecified atom stereocenters. The van der Waals surface area contributed by atoms with E-state index < -0.39 is 5.97 Å². The summed E-state index contributed by atoms with van der Waals surface area (Å²) in [6.45, 7) is 5.16. The van der Waals surface area contributed by atoms with Gasteiger partial charge in [-0.05, 0) is 73.5 Å². The van der Waals surface area contributed by atoms with Crippen LogP contribution in [-0.4, -0.2) is 25.1 Å². The third kappa shape index (κ3) is 7.52. The van der Waals surface area contributed by atoms with Crippen molar-refractivity contribution in [1.82, 2.24) is 0 Å². The second-order valence-corrected chi connectivity index (χ2v) is 7.44. The first-order valence-electron chi connectivity index (χ1n) is 11.3. The average Bonchev–Trinajstić information content (AvgIpc) is 2.85. The van der Waals surface area contributed by atoms with Gasteiger partial charge in [-0.1, -0.05) is 37.6 Å². The minimum Gasteiger partial charge on any atom is -0.490 e. The molecule has 0 aromatic heterocycles. The number of esters is 1. The van der Waals surface area contributed by atoms with Crippen LogP contribution in [0.15, 0.2) is 78.9 Å². The van der Waals surface area contributed by atoms with Crippen LogP contribution in [0.3, 0.4) is 0 Å². The van der Waals surface area contributed by atoms with Gasteiger partial charge in [0.15, 0.2) is 11.5 Å². The van der Waals surface area contributed by atoms with Crippen LogP contribution in [0.5, 0.6) is 17.2 Å². The molecule has 6 nitrogen and oxygen atoms in total. The summed E-state index contributed by atoms with van der Waals surface area (Å²) >= 11 is 0. The molecule has 0 saturated heterocycles. The van der Waals surface area contributed by atoms with Crippen LogP contribution < -0.4 is 19.5 Å². The summed E-state index contributed by atoms with van der Waals surface area (Å²) in [5.74, 6) is 0.907. The van der Waals surface area contributed by atoms with Crippen LogP contribution in [0.1, 0.15) is 42.6 Å². The normalized spacial score (nSPS) is 10.6. The Balaban J connectivity index is 1.57. The summed E-state index contributed by atoms with van der Waals surface area (Å²) in [5, 5.41) is 2.81. The van der Waals surface area contributed by atoms with E-state index in [-0.39, 0.29) is 5.91 Å². The van der Waals surface area contributed by atoms with Crippen LogP contribution in [0.2, 0.25) is 0 Å². The zero-order valence-corrected chi connectivity index (χ0v) is 19.5. The fraction of sp³-hybridized carbons (Fsp3) is 0.214. The minimum atomic E-state index is -0.525. The van der Waals surface area contributed by atoms with Crippen molar-refractivity contribution in [2.75, 3.05) is 18.5 Å². The SMILES string of the molecule is CCCCOc1ccc(/C=C/C(=O)Oc2ccc(C(=O)Nc3ccccc3)cc2)cc1OCC. The standard InChI is InChI=1S/C28H29NO5/c1-3-5-19-33-25-17-11-21(20-26(25)32-4-2)12-18-27(30)34-24-15-13-22(14-16-24)28(31)29-23-9-7-6-8-10-23/h6-18,20H,3-5,19H2,1-2H3,(H,29,31)/b18-12+. The molecule has 0 saturated carbocycles. The van der Waals surface area contributed by atoms with Crippen LogP contribution in [0, 0.1) is 0 Å². The quantitative estimate of drug-likeness (QED) is 0.161. The summed E-state index contributed by atoms with van der Waals surface area (Å²) in [7, 11) is 0. The van der Waals surface area contributed by atoms with Crippen LogP contribution >= 0.6 is 0 Å². The number of amides is 1. The number of para-hydroxylation sites is 1. The highest BCUT2D eigenvalue weighted by Crippen LogP contribution is 2.29. The number of unbranched alkanes of at least 4 members (excludes halogenated alkanes) is 1. The highest BCUT2D eigenvalue weighted by molar-refractivity contribution is 6.04. The topological polar surface area (TPSA) is 73.9 Å². The minimum absolute atomic E-state index is 0.240. The van der Waals surface area contributed by atoms with E-state index in [1.807, 2.05) is 55.5 Å². The van der Waals surface area contributed by atoms with Crippen molar-refractivity contribution in [2.24, 2.45) is 0 Å². The van der Waals surface area contributed by atoms with E-state index >= 15 is 0 Å². The van der Waals surface area contributed by atoms with Gasteiger partial charge in [-0.25, -0.2) is 4.79 Å². The predicted molar refractivity (Wildman–Crippen MR) is 134 cm³/mol. The van der Waals surface area contributed by atoms with Gasteiger partial charge in [0.1, 0.15) is 5.75 Å². The molecule has 3 aromatic carbocycles. The van der Waals surface area contributed by atoms with Crippen molar-refractivity contribution in [3.8, 4) is 17.2 Å². The molecule has 0 bridgehead atoms. The summed E-state index contributed by atoms with van der Waals surface area (Å²) in [6.07, 6.45) is 5.02. The van der Waals surface area contributed by atoms with Crippen LogP contribution in [0.4, 0.5) is 5.69 Å². The first kappa shape index (κ1) is 24.6. The first-order chi connectivity index (χ1) is 16.6. The van der Waals surface area contributed by atoms with Gasteiger partial charge in [-0.15, -0.1) is 0 Å². The summed E-state index contributed by atoms with van der Waals surface area (Å²) in [5.41, 5.74) is 1.96. The molecule has 0 spiro atoms. The Morgan fingerprint density at radius 2 is 1.65 bits per heavy atom. The summed E-state index contributed by atoms with van der Waals surface area (Å²) < 4.78 is 16.8.